The molecule has 0 fully saturated rings. The Morgan fingerprint density at radius 3 is 2.40 bits per heavy atom. The van der Waals surface area contributed by atoms with Crippen LogP contribution in [0.3, 0.4) is 0 Å². The zero-order valence-electron chi connectivity index (χ0n) is 9.62. The summed E-state index contributed by atoms with van der Waals surface area (Å²) in [5, 5.41) is 10.6. The van der Waals surface area contributed by atoms with Gasteiger partial charge in [0, 0.05) is 6.07 Å². The topological polar surface area (TPSA) is 66.4 Å². The predicted molar refractivity (Wildman–Crippen MR) is 70.6 cm³/mol. The van der Waals surface area contributed by atoms with Crippen LogP contribution in [0.4, 0.5) is 14.5 Å². The highest BCUT2D eigenvalue weighted by atomic mass is 35.5. The van der Waals surface area contributed by atoms with Crippen molar-refractivity contribution in [2.45, 2.75) is 0 Å². The summed E-state index contributed by atoms with van der Waals surface area (Å²) in [6.45, 7) is 0. The van der Waals surface area contributed by atoms with E-state index in [2.05, 4.69) is 5.32 Å². The van der Waals surface area contributed by atoms with Crippen molar-refractivity contribution < 1.29 is 23.5 Å². The number of amides is 1. The number of hydrogen-bond acceptors (Lipinski definition) is 3. The second-order valence-corrected chi connectivity index (χ2v) is 5.16. The molecule has 0 spiro atoms. The molecule has 2 N–H and O–H groups in total. The van der Waals surface area contributed by atoms with Crippen LogP contribution >= 0.6 is 22.9 Å². The van der Waals surface area contributed by atoms with Gasteiger partial charge in [0.05, 0.1) is 15.6 Å². The van der Waals surface area contributed by atoms with Gasteiger partial charge in [-0.05, 0) is 18.2 Å². The zero-order chi connectivity index (χ0) is 14.9. The van der Waals surface area contributed by atoms with Crippen LogP contribution in [-0.2, 0) is 0 Å². The molecule has 20 heavy (non-hydrogen) atoms. The number of halogens is 3. The molecule has 8 heteroatoms. The number of hydrogen-bond donors (Lipinski definition) is 2. The van der Waals surface area contributed by atoms with Crippen molar-refractivity contribution in [2.75, 3.05) is 5.32 Å². The first-order valence-corrected chi connectivity index (χ1v) is 6.37. The average Bonchev–Trinajstić information content (AvgIpc) is 2.83. The van der Waals surface area contributed by atoms with Gasteiger partial charge in [0.2, 0.25) is 0 Å². The molecule has 2 rings (SSSR count). The number of carbonyl (C=O) groups is 2. The summed E-state index contributed by atoms with van der Waals surface area (Å²) in [5.74, 6) is -3.77. The van der Waals surface area contributed by atoms with Crippen LogP contribution in [0.2, 0.25) is 5.02 Å². The molecule has 1 aromatic heterocycles. The average molecular weight is 318 g/mol. The summed E-state index contributed by atoms with van der Waals surface area (Å²) in [6, 6.07) is 3.99. The van der Waals surface area contributed by atoms with Crippen molar-refractivity contribution in [1.29, 1.82) is 0 Å². The van der Waals surface area contributed by atoms with Gasteiger partial charge in [-0.25, -0.2) is 13.6 Å². The Kier molecular flexibility index (Phi) is 4.01. The van der Waals surface area contributed by atoms with Gasteiger partial charge < -0.3 is 10.4 Å². The molecule has 0 radical (unpaired) electrons. The fourth-order valence-corrected chi connectivity index (χ4v) is 2.39. The molecule has 0 atom stereocenters. The molecule has 0 aliphatic heterocycles. The van der Waals surface area contributed by atoms with Crippen LogP contribution in [0.5, 0.6) is 0 Å². The molecule has 0 aliphatic carbocycles. The molecule has 104 valence electrons. The number of carboxylic acids is 1. The van der Waals surface area contributed by atoms with Crippen LogP contribution in [-0.4, -0.2) is 17.0 Å². The van der Waals surface area contributed by atoms with Crippen molar-refractivity contribution in [2.24, 2.45) is 0 Å². The molecule has 0 bridgehead atoms. The second kappa shape index (κ2) is 5.56. The van der Waals surface area contributed by atoms with Gasteiger partial charge in [0.25, 0.3) is 5.91 Å². The van der Waals surface area contributed by atoms with Crippen LogP contribution in [0.1, 0.15) is 19.3 Å². The van der Waals surface area contributed by atoms with Crippen molar-refractivity contribution >= 4 is 40.5 Å². The second-order valence-electron chi connectivity index (χ2n) is 3.67. The molecule has 0 aliphatic rings. The minimum absolute atomic E-state index is 0.0270. The maximum atomic E-state index is 13.5. The molecule has 0 saturated carbocycles. The molecular weight excluding hydrogens is 312 g/mol. The Hall–Kier alpha value is -1.99. The third-order valence-corrected chi connectivity index (χ3v) is 3.66. The number of thiophene rings is 1. The van der Waals surface area contributed by atoms with E-state index >= 15 is 0 Å². The lowest BCUT2D eigenvalue weighted by atomic mass is 10.3. The van der Waals surface area contributed by atoms with Gasteiger partial charge in [0.15, 0.2) is 5.82 Å². The van der Waals surface area contributed by atoms with Crippen molar-refractivity contribution in [3.63, 3.8) is 0 Å². The first-order chi connectivity index (χ1) is 9.38. The quantitative estimate of drug-likeness (QED) is 0.908. The summed E-state index contributed by atoms with van der Waals surface area (Å²) < 4.78 is 26.4. The number of carboxylic acid groups (broad SMARTS) is 1. The van der Waals surface area contributed by atoms with E-state index in [0.29, 0.717) is 6.07 Å². The number of carbonyl (C=O) groups excluding carboxylic acids is 1. The highest BCUT2D eigenvalue weighted by Gasteiger charge is 2.17. The number of aromatic carboxylic acids is 1. The first-order valence-electron chi connectivity index (χ1n) is 5.17. The highest BCUT2D eigenvalue weighted by Crippen LogP contribution is 2.27. The normalized spacial score (nSPS) is 10.3. The Labute approximate surface area is 120 Å². The van der Waals surface area contributed by atoms with Crippen molar-refractivity contribution in [3.8, 4) is 0 Å². The maximum absolute atomic E-state index is 13.5. The van der Waals surface area contributed by atoms with Crippen LogP contribution < -0.4 is 5.32 Å². The van der Waals surface area contributed by atoms with E-state index in [1.54, 1.807) is 0 Å². The van der Waals surface area contributed by atoms with E-state index in [9.17, 15) is 18.4 Å². The molecule has 1 aromatic carbocycles. The number of rotatable bonds is 3. The molecule has 1 heterocycles. The fourth-order valence-electron chi connectivity index (χ4n) is 1.41. The lowest BCUT2D eigenvalue weighted by molar-refractivity contribution is 0.0702. The van der Waals surface area contributed by atoms with Crippen LogP contribution in [0, 0.1) is 11.6 Å². The number of nitrogens with one attached hydrogen (secondary N) is 1. The third-order valence-electron chi connectivity index (χ3n) is 2.29. The van der Waals surface area contributed by atoms with Crippen molar-refractivity contribution in [3.05, 3.63) is 50.7 Å². The monoisotopic (exact) mass is 317 g/mol. The van der Waals surface area contributed by atoms with Gasteiger partial charge in [-0.15, -0.1) is 11.3 Å². The van der Waals surface area contributed by atoms with Crippen LogP contribution in [0.25, 0.3) is 0 Å². The first kappa shape index (κ1) is 14.4. The lowest BCUT2D eigenvalue weighted by Gasteiger charge is -2.07. The highest BCUT2D eigenvalue weighted by molar-refractivity contribution is 7.16. The minimum atomic E-state index is -1.17. The van der Waals surface area contributed by atoms with E-state index in [0.717, 1.165) is 17.4 Å². The lowest BCUT2D eigenvalue weighted by Crippen LogP contribution is -2.12. The molecule has 4 nitrogen and oxygen atoms in total. The smallest absolute Gasteiger partial charge is 0.345 e. The summed E-state index contributed by atoms with van der Waals surface area (Å²) >= 11 is 6.37. The van der Waals surface area contributed by atoms with E-state index in [1.807, 2.05) is 0 Å². The molecule has 0 saturated heterocycles. The Bertz CT molecular complexity index is 679. The Morgan fingerprint density at radius 2 is 1.85 bits per heavy atom. The zero-order valence-corrected chi connectivity index (χ0v) is 11.2. The summed E-state index contributed by atoms with van der Waals surface area (Å²) in [5.41, 5.74) is -0.358. The number of benzene rings is 1. The molecule has 0 unspecified atom stereocenters. The Balaban J connectivity index is 2.25. The third kappa shape index (κ3) is 2.94. The van der Waals surface area contributed by atoms with Gasteiger partial charge >= 0.3 is 5.97 Å². The van der Waals surface area contributed by atoms with Crippen molar-refractivity contribution in [1.82, 2.24) is 0 Å². The van der Waals surface area contributed by atoms with Gasteiger partial charge in [-0.2, -0.15) is 0 Å². The molecular formula is C12H6ClF2NO3S. The molecule has 2 aromatic rings. The maximum Gasteiger partial charge on any atom is 0.345 e. The summed E-state index contributed by atoms with van der Waals surface area (Å²) in [6.07, 6.45) is 0. The van der Waals surface area contributed by atoms with E-state index in [1.165, 1.54) is 12.1 Å². The van der Waals surface area contributed by atoms with E-state index < -0.39 is 23.5 Å². The minimum Gasteiger partial charge on any atom is -0.477 e. The van der Waals surface area contributed by atoms with Gasteiger partial charge in [-0.3, -0.25) is 4.79 Å². The SMILES string of the molecule is O=C(O)c1ccc(C(=O)Nc2c(F)cc(F)cc2Cl)s1. The van der Waals surface area contributed by atoms with Crippen LogP contribution in [0.15, 0.2) is 24.3 Å². The summed E-state index contributed by atoms with van der Waals surface area (Å²) in [4.78, 5) is 22.6. The Morgan fingerprint density at radius 1 is 1.20 bits per heavy atom. The fraction of sp³-hybridized carbons (Fsp3) is 0. The van der Waals surface area contributed by atoms with Gasteiger partial charge in [0.1, 0.15) is 10.7 Å². The van der Waals surface area contributed by atoms with Gasteiger partial charge in [-0.1, -0.05) is 11.6 Å². The molecule has 1 amide bonds. The number of anilines is 1. The van der Waals surface area contributed by atoms with E-state index in [4.69, 9.17) is 16.7 Å². The standard InChI is InChI=1S/C12H6ClF2NO3S/c13-6-3-5(14)4-7(15)10(6)16-11(17)8-1-2-9(20-8)12(18)19/h1-4H,(H,16,17)(H,18,19). The predicted octanol–water partition coefficient (Wildman–Crippen LogP) is 3.63. The van der Waals surface area contributed by atoms with E-state index in [-0.39, 0.29) is 20.5 Å². The largest absolute Gasteiger partial charge is 0.477 e. The summed E-state index contributed by atoms with van der Waals surface area (Å²) in [7, 11) is 0.